The van der Waals surface area contributed by atoms with Crippen molar-refractivity contribution in [1.29, 1.82) is 0 Å². The van der Waals surface area contributed by atoms with Crippen LogP contribution in [0.2, 0.25) is 0 Å². The quantitative estimate of drug-likeness (QED) is 0.388. The van der Waals surface area contributed by atoms with Crippen LogP contribution in [0.5, 0.6) is 5.75 Å². The highest BCUT2D eigenvalue weighted by Crippen LogP contribution is 2.38. The van der Waals surface area contributed by atoms with Crippen molar-refractivity contribution in [3.8, 4) is 5.75 Å². The molecule has 11 heteroatoms. The number of rotatable bonds is 7. The lowest BCUT2D eigenvalue weighted by atomic mass is 10.1. The zero-order chi connectivity index (χ0) is 22.4. The van der Waals surface area contributed by atoms with Gasteiger partial charge in [-0.15, -0.1) is 0 Å². The number of anilines is 1. The lowest BCUT2D eigenvalue weighted by molar-refractivity contribution is -0.138. The van der Waals surface area contributed by atoms with Gasteiger partial charge >= 0.3 is 6.18 Å². The molecule has 0 fully saturated rings. The molecule has 0 atom stereocenters. The van der Waals surface area contributed by atoms with Crippen LogP contribution in [0.3, 0.4) is 0 Å². The van der Waals surface area contributed by atoms with Crippen LogP contribution in [-0.2, 0) is 6.18 Å². The zero-order valence-electron chi connectivity index (χ0n) is 16.5. The van der Waals surface area contributed by atoms with Crippen LogP contribution in [0, 0.1) is 0 Å². The molecule has 0 aliphatic heterocycles. The molecule has 164 valence electrons. The van der Waals surface area contributed by atoms with E-state index >= 15 is 0 Å². The largest absolute Gasteiger partial charge is 0.493 e. The Labute approximate surface area is 180 Å². The van der Waals surface area contributed by atoms with Gasteiger partial charge < -0.3 is 10.1 Å². The Hall–Kier alpha value is -3.21. The van der Waals surface area contributed by atoms with E-state index in [2.05, 4.69) is 25.6 Å². The van der Waals surface area contributed by atoms with E-state index < -0.39 is 17.6 Å². The van der Waals surface area contributed by atoms with E-state index in [1.165, 1.54) is 24.3 Å². The number of carbonyl (C=O) groups is 1. The number of fused-ring (bicyclic) bond motifs is 1. The van der Waals surface area contributed by atoms with Crippen molar-refractivity contribution in [1.82, 2.24) is 15.6 Å². The molecule has 1 amide bonds. The van der Waals surface area contributed by atoms with Gasteiger partial charge in [0.15, 0.2) is 5.11 Å². The summed E-state index contributed by atoms with van der Waals surface area (Å²) in [4.78, 5) is 12.3. The number of unbranched alkanes of at least 4 members (excludes halogenated alkanes) is 2. The summed E-state index contributed by atoms with van der Waals surface area (Å²) >= 11 is 5.06. The molecule has 7 nitrogen and oxygen atoms in total. The molecule has 0 aliphatic carbocycles. The molecule has 0 radical (unpaired) electrons. The van der Waals surface area contributed by atoms with E-state index in [0.717, 1.165) is 18.9 Å². The van der Waals surface area contributed by atoms with E-state index in [1.807, 2.05) is 6.92 Å². The molecule has 2 N–H and O–H groups in total. The molecule has 0 bridgehead atoms. The average molecular weight is 452 g/mol. The van der Waals surface area contributed by atoms with Gasteiger partial charge in [-0.3, -0.25) is 10.1 Å². The summed E-state index contributed by atoms with van der Waals surface area (Å²) < 4.78 is 50.2. The smallest absolute Gasteiger partial charge is 0.420 e. The van der Waals surface area contributed by atoms with Crippen molar-refractivity contribution in [2.24, 2.45) is 0 Å². The summed E-state index contributed by atoms with van der Waals surface area (Å²) in [7, 11) is 0. The lowest BCUT2D eigenvalue weighted by Gasteiger charge is -2.16. The number of hydrogen-bond donors (Lipinski definition) is 2. The number of benzene rings is 2. The molecule has 0 saturated heterocycles. The Balaban J connectivity index is 1.67. The Morgan fingerprint density at radius 1 is 1.13 bits per heavy atom. The van der Waals surface area contributed by atoms with Crippen LogP contribution < -0.4 is 15.4 Å². The van der Waals surface area contributed by atoms with E-state index in [1.54, 1.807) is 6.07 Å². The van der Waals surface area contributed by atoms with Gasteiger partial charge in [0, 0.05) is 11.3 Å². The number of halogens is 3. The van der Waals surface area contributed by atoms with Crippen LogP contribution in [0.15, 0.2) is 41.0 Å². The first-order chi connectivity index (χ1) is 14.8. The van der Waals surface area contributed by atoms with Gasteiger partial charge in [-0.2, -0.15) is 13.2 Å². The van der Waals surface area contributed by atoms with Gasteiger partial charge in [0.1, 0.15) is 16.8 Å². The molecular weight excluding hydrogens is 433 g/mol. The molecular formula is C20H19F3N4O3S. The maximum absolute atomic E-state index is 13.4. The number of aromatic nitrogens is 2. The first kappa shape index (κ1) is 22.5. The second kappa shape index (κ2) is 9.73. The maximum atomic E-state index is 13.4. The topological polar surface area (TPSA) is 89.3 Å². The molecule has 1 heterocycles. The van der Waals surface area contributed by atoms with Gasteiger partial charge in [0.25, 0.3) is 5.91 Å². The molecule has 1 aromatic heterocycles. The summed E-state index contributed by atoms with van der Waals surface area (Å²) in [5, 5.41) is 12.1. The highest BCUT2D eigenvalue weighted by Gasteiger charge is 2.34. The third-order valence-electron chi connectivity index (χ3n) is 4.29. The molecule has 0 spiro atoms. The standard InChI is InChI=1S/C20H19F3N4O3S/c1-2-3-4-9-29-17-8-6-13(11-14(17)20(21,22)23)24-19(31)25-18(28)12-5-7-15-16(10-12)27-30-26-15/h5-8,10-11H,2-4,9H2,1H3,(H2,24,25,28,31). The summed E-state index contributed by atoms with van der Waals surface area (Å²) in [5.41, 5.74) is 0.241. The number of amides is 1. The predicted octanol–water partition coefficient (Wildman–Crippen LogP) is 4.94. The van der Waals surface area contributed by atoms with Crippen LogP contribution in [-0.4, -0.2) is 27.9 Å². The highest BCUT2D eigenvalue weighted by molar-refractivity contribution is 7.80. The third kappa shape index (κ3) is 5.91. The number of alkyl halides is 3. The first-order valence-corrected chi connectivity index (χ1v) is 9.87. The minimum Gasteiger partial charge on any atom is -0.493 e. The van der Waals surface area contributed by atoms with Crippen LogP contribution in [0.1, 0.15) is 42.1 Å². The zero-order valence-corrected chi connectivity index (χ0v) is 17.3. The van der Waals surface area contributed by atoms with Crippen LogP contribution >= 0.6 is 12.2 Å². The normalized spacial score (nSPS) is 11.4. The van der Waals surface area contributed by atoms with Gasteiger partial charge in [-0.1, -0.05) is 19.8 Å². The fourth-order valence-electron chi connectivity index (χ4n) is 2.75. The minimum absolute atomic E-state index is 0.0645. The molecule has 0 saturated carbocycles. The maximum Gasteiger partial charge on any atom is 0.420 e. The van der Waals surface area contributed by atoms with Crippen molar-refractivity contribution in [2.45, 2.75) is 32.4 Å². The van der Waals surface area contributed by atoms with Crippen molar-refractivity contribution in [3.05, 3.63) is 47.5 Å². The van der Waals surface area contributed by atoms with E-state index in [-0.39, 0.29) is 28.7 Å². The SMILES string of the molecule is CCCCCOc1ccc(NC(=S)NC(=O)c2ccc3nonc3c2)cc1C(F)(F)F. The van der Waals surface area contributed by atoms with Crippen molar-refractivity contribution in [3.63, 3.8) is 0 Å². The number of nitrogens with one attached hydrogen (secondary N) is 2. The predicted molar refractivity (Wildman–Crippen MR) is 112 cm³/mol. The summed E-state index contributed by atoms with van der Waals surface area (Å²) in [6.45, 7) is 2.19. The number of carbonyl (C=O) groups excluding carboxylic acids is 1. The van der Waals surface area contributed by atoms with Crippen LogP contribution in [0.4, 0.5) is 18.9 Å². The monoisotopic (exact) mass is 452 g/mol. The molecule has 31 heavy (non-hydrogen) atoms. The third-order valence-corrected chi connectivity index (χ3v) is 4.50. The fourth-order valence-corrected chi connectivity index (χ4v) is 2.96. The Morgan fingerprint density at radius 2 is 1.90 bits per heavy atom. The summed E-state index contributed by atoms with van der Waals surface area (Å²) in [6.07, 6.45) is -2.14. The Morgan fingerprint density at radius 3 is 2.65 bits per heavy atom. The van der Waals surface area contributed by atoms with Gasteiger partial charge in [-0.05, 0) is 65.4 Å². The van der Waals surface area contributed by atoms with E-state index in [0.29, 0.717) is 17.5 Å². The number of thiocarbonyl (C=S) groups is 1. The summed E-state index contributed by atoms with van der Waals surface area (Å²) in [6, 6.07) is 8.02. The van der Waals surface area contributed by atoms with Crippen LogP contribution in [0.25, 0.3) is 11.0 Å². The number of ether oxygens (including phenoxy) is 1. The van der Waals surface area contributed by atoms with Gasteiger partial charge in [0.2, 0.25) is 0 Å². The van der Waals surface area contributed by atoms with Crippen molar-refractivity contribution in [2.75, 3.05) is 11.9 Å². The Bertz CT molecular complexity index is 1080. The average Bonchev–Trinajstić information content (AvgIpc) is 3.19. The number of nitrogens with zero attached hydrogens (tertiary/aromatic N) is 2. The first-order valence-electron chi connectivity index (χ1n) is 9.46. The second-order valence-electron chi connectivity index (χ2n) is 6.64. The molecule has 3 aromatic rings. The highest BCUT2D eigenvalue weighted by atomic mass is 32.1. The second-order valence-corrected chi connectivity index (χ2v) is 7.05. The van der Waals surface area contributed by atoms with Crippen molar-refractivity contribution >= 4 is 40.0 Å². The summed E-state index contributed by atoms with van der Waals surface area (Å²) in [5.74, 6) is -0.812. The lowest BCUT2D eigenvalue weighted by Crippen LogP contribution is -2.34. The van der Waals surface area contributed by atoms with E-state index in [9.17, 15) is 18.0 Å². The minimum atomic E-state index is -4.61. The molecule has 0 unspecified atom stereocenters. The Kier molecular flexibility index (Phi) is 7.06. The fraction of sp³-hybridized carbons (Fsp3) is 0.300. The van der Waals surface area contributed by atoms with E-state index in [4.69, 9.17) is 17.0 Å². The molecule has 0 aliphatic rings. The number of hydrogen-bond acceptors (Lipinski definition) is 6. The van der Waals surface area contributed by atoms with Crippen molar-refractivity contribution < 1.29 is 27.3 Å². The molecule has 2 aromatic carbocycles. The van der Waals surface area contributed by atoms with Gasteiger partial charge in [0.05, 0.1) is 12.2 Å². The van der Waals surface area contributed by atoms with Gasteiger partial charge in [-0.25, -0.2) is 4.63 Å². The molecule has 3 rings (SSSR count).